The molecular formula is C15H12BrFN2O. The zero-order valence-electron chi connectivity index (χ0n) is 10.7. The fraction of sp³-hybridized carbons (Fsp3) is 0.133. The van der Waals surface area contributed by atoms with Crippen LogP contribution in [-0.2, 0) is 0 Å². The first-order chi connectivity index (χ1) is 9.52. The highest BCUT2D eigenvalue weighted by molar-refractivity contribution is 9.10. The zero-order valence-corrected chi connectivity index (χ0v) is 12.3. The van der Waals surface area contributed by atoms with Crippen LogP contribution in [0.25, 0.3) is 0 Å². The van der Waals surface area contributed by atoms with Crippen molar-refractivity contribution in [2.45, 2.75) is 13.0 Å². The van der Waals surface area contributed by atoms with Crippen molar-refractivity contribution in [3.63, 3.8) is 0 Å². The van der Waals surface area contributed by atoms with Gasteiger partial charge in [0.2, 0.25) is 0 Å². The first-order valence-corrected chi connectivity index (χ1v) is 6.73. The van der Waals surface area contributed by atoms with Crippen molar-refractivity contribution >= 4 is 15.9 Å². The molecule has 0 aliphatic carbocycles. The van der Waals surface area contributed by atoms with Gasteiger partial charge < -0.3 is 10.5 Å². The minimum atomic E-state index is -0.603. The lowest BCUT2D eigenvalue weighted by molar-refractivity contribution is 0.471. The average Bonchev–Trinajstić information content (AvgIpc) is 2.41. The molecule has 0 radical (unpaired) electrons. The fourth-order valence-electron chi connectivity index (χ4n) is 1.70. The van der Waals surface area contributed by atoms with Crippen LogP contribution < -0.4 is 10.5 Å². The smallest absolute Gasteiger partial charge is 0.148 e. The maximum absolute atomic E-state index is 13.5. The Morgan fingerprint density at radius 3 is 2.65 bits per heavy atom. The minimum absolute atomic E-state index is 0.0933. The molecule has 3 nitrogen and oxygen atoms in total. The molecule has 5 heteroatoms. The molecule has 0 aliphatic heterocycles. The standard InChI is InChI=1S/C15H12BrFN2O/c1-9(19)10-5-6-15(12(16)7-10)20-14-4-2-3-13(17)11(14)8-18/h2-7,9H,19H2,1H3. The highest BCUT2D eigenvalue weighted by Crippen LogP contribution is 2.33. The van der Waals surface area contributed by atoms with E-state index >= 15 is 0 Å². The van der Waals surface area contributed by atoms with Crippen molar-refractivity contribution in [1.82, 2.24) is 0 Å². The Bertz CT molecular complexity index is 680. The summed E-state index contributed by atoms with van der Waals surface area (Å²) in [5.74, 6) is 0.0755. The number of nitrogens with zero attached hydrogens (tertiary/aromatic N) is 1. The second-order valence-corrected chi connectivity index (χ2v) is 5.16. The Labute approximate surface area is 124 Å². The molecule has 0 heterocycles. The predicted molar refractivity (Wildman–Crippen MR) is 77.9 cm³/mol. The Balaban J connectivity index is 2.36. The molecule has 20 heavy (non-hydrogen) atoms. The van der Waals surface area contributed by atoms with Gasteiger partial charge in [-0.2, -0.15) is 5.26 Å². The number of rotatable bonds is 3. The molecule has 0 aliphatic rings. The fourth-order valence-corrected chi connectivity index (χ4v) is 2.18. The molecule has 0 aromatic heterocycles. The second kappa shape index (κ2) is 6.04. The summed E-state index contributed by atoms with van der Waals surface area (Å²) in [7, 11) is 0. The van der Waals surface area contributed by atoms with Crippen LogP contribution in [0.5, 0.6) is 11.5 Å². The highest BCUT2D eigenvalue weighted by Gasteiger charge is 2.12. The third-order valence-corrected chi connectivity index (χ3v) is 3.41. The first-order valence-electron chi connectivity index (χ1n) is 5.94. The van der Waals surface area contributed by atoms with Crippen molar-refractivity contribution in [1.29, 1.82) is 5.26 Å². The van der Waals surface area contributed by atoms with Gasteiger partial charge >= 0.3 is 0 Å². The monoisotopic (exact) mass is 334 g/mol. The number of nitrogens with two attached hydrogens (primary N) is 1. The van der Waals surface area contributed by atoms with E-state index < -0.39 is 5.82 Å². The van der Waals surface area contributed by atoms with Crippen LogP contribution in [0.1, 0.15) is 24.1 Å². The van der Waals surface area contributed by atoms with E-state index in [2.05, 4.69) is 15.9 Å². The summed E-state index contributed by atoms with van der Waals surface area (Å²) in [6.45, 7) is 1.88. The van der Waals surface area contributed by atoms with Crippen LogP contribution in [0.2, 0.25) is 0 Å². The molecule has 0 saturated carbocycles. The van der Waals surface area contributed by atoms with Crippen molar-refractivity contribution in [2.24, 2.45) is 5.73 Å². The van der Waals surface area contributed by atoms with Crippen LogP contribution in [0.15, 0.2) is 40.9 Å². The number of nitriles is 1. The number of hydrogen-bond donors (Lipinski definition) is 1. The summed E-state index contributed by atoms with van der Waals surface area (Å²) in [4.78, 5) is 0. The normalized spacial score (nSPS) is 11.8. The van der Waals surface area contributed by atoms with Crippen LogP contribution in [0.3, 0.4) is 0 Å². The summed E-state index contributed by atoms with van der Waals surface area (Å²) in [6, 6.07) is 11.4. The molecule has 0 amide bonds. The summed E-state index contributed by atoms with van der Waals surface area (Å²) in [5, 5.41) is 8.97. The third-order valence-electron chi connectivity index (χ3n) is 2.79. The van der Waals surface area contributed by atoms with Crippen molar-refractivity contribution < 1.29 is 9.13 Å². The molecule has 0 saturated heterocycles. The lowest BCUT2D eigenvalue weighted by atomic mass is 10.1. The van der Waals surface area contributed by atoms with Crippen LogP contribution in [0.4, 0.5) is 4.39 Å². The van der Waals surface area contributed by atoms with Gasteiger partial charge in [0.15, 0.2) is 0 Å². The molecule has 2 aromatic rings. The maximum Gasteiger partial charge on any atom is 0.148 e. The van der Waals surface area contributed by atoms with E-state index in [0.717, 1.165) is 5.56 Å². The van der Waals surface area contributed by atoms with Gasteiger partial charge in [-0.3, -0.25) is 0 Å². The van der Waals surface area contributed by atoms with Gasteiger partial charge in [0.05, 0.1) is 4.47 Å². The summed E-state index contributed by atoms with van der Waals surface area (Å²) in [5.41, 5.74) is 6.63. The predicted octanol–water partition coefficient (Wildman–Crippen LogP) is 4.27. The molecule has 1 unspecified atom stereocenters. The van der Waals surface area contributed by atoms with E-state index in [1.165, 1.54) is 12.1 Å². The molecule has 2 N–H and O–H groups in total. The van der Waals surface area contributed by atoms with Crippen LogP contribution >= 0.6 is 15.9 Å². The molecule has 0 spiro atoms. The van der Waals surface area contributed by atoms with Gasteiger partial charge in [0.25, 0.3) is 0 Å². The van der Waals surface area contributed by atoms with Crippen LogP contribution in [-0.4, -0.2) is 0 Å². The molecule has 0 fully saturated rings. The Kier molecular flexibility index (Phi) is 4.38. The van der Waals surface area contributed by atoms with E-state index in [-0.39, 0.29) is 17.4 Å². The van der Waals surface area contributed by atoms with E-state index in [4.69, 9.17) is 15.7 Å². The largest absolute Gasteiger partial charge is 0.455 e. The number of ether oxygens (including phenoxy) is 1. The van der Waals surface area contributed by atoms with Crippen molar-refractivity contribution in [3.05, 3.63) is 57.8 Å². The topological polar surface area (TPSA) is 59.0 Å². The molecule has 2 rings (SSSR count). The summed E-state index contributed by atoms with van der Waals surface area (Å²) >= 11 is 3.38. The lowest BCUT2D eigenvalue weighted by Gasteiger charge is -2.12. The number of benzene rings is 2. The number of hydrogen-bond acceptors (Lipinski definition) is 3. The third kappa shape index (κ3) is 2.98. The average molecular weight is 335 g/mol. The Hall–Kier alpha value is -1.90. The molecule has 0 bridgehead atoms. The Morgan fingerprint density at radius 2 is 2.05 bits per heavy atom. The van der Waals surface area contributed by atoms with Crippen molar-refractivity contribution in [2.75, 3.05) is 0 Å². The van der Waals surface area contributed by atoms with Gasteiger partial charge in [-0.05, 0) is 52.7 Å². The van der Waals surface area contributed by atoms with Crippen LogP contribution in [0, 0.1) is 17.1 Å². The van der Waals surface area contributed by atoms with E-state index in [9.17, 15) is 4.39 Å². The number of halogens is 2. The van der Waals surface area contributed by atoms with Gasteiger partial charge in [-0.15, -0.1) is 0 Å². The Morgan fingerprint density at radius 1 is 1.30 bits per heavy atom. The summed E-state index contributed by atoms with van der Waals surface area (Å²) in [6.07, 6.45) is 0. The maximum atomic E-state index is 13.5. The van der Waals surface area contributed by atoms with E-state index in [1.54, 1.807) is 18.2 Å². The van der Waals surface area contributed by atoms with E-state index in [1.807, 2.05) is 19.1 Å². The van der Waals surface area contributed by atoms with Gasteiger partial charge in [0, 0.05) is 6.04 Å². The quantitative estimate of drug-likeness (QED) is 0.911. The van der Waals surface area contributed by atoms with Gasteiger partial charge in [-0.1, -0.05) is 12.1 Å². The molecular weight excluding hydrogens is 323 g/mol. The minimum Gasteiger partial charge on any atom is -0.455 e. The SMILES string of the molecule is CC(N)c1ccc(Oc2cccc(F)c2C#N)c(Br)c1. The lowest BCUT2D eigenvalue weighted by Crippen LogP contribution is -2.04. The van der Waals surface area contributed by atoms with Crippen molar-refractivity contribution in [3.8, 4) is 17.6 Å². The molecule has 102 valence electrons. The molecule has 2 aromatic carbocycles. The second-order valence-electron chi connectivity index (χ2n) is 4.31. The highest BCUT2D eigenvalue weighted by atomic mass is 79.9. The van der Waals surface area contributed by atoms with Gasteiger partial charge in [0.1, 0.15) is 28.9 Å². The van der Waals surface area contributed by atoms with Gasteiger partial charge in [-0.25, -0.2) is 4.39 Å². The van der Waals surface area contributed by atoms with E-state index in [0.29, 0.717) is 10.2 Å². The zero-order chi connectivity index (χ0) is 14.7. The summed E-state index contributed by atoms with van der Waals surface area (Å²) < 4.78 is 19.8. The first kappa shape index (κ1) is 14.5. The molecule has 1 atom stereocenters.